The predicted molar refractivity (Wildman–Crippen MR) is 74.7 cm³/mol. The number of fused-ring (bicyclic) bond motifs is 1. The molecule has 1 aromatic rings. The summed E-state index contributed by atoms with van der Waals surface area (Å²) in [5.74, 6) is 0. The van der Waals surface area contributed by atoms with E-state index < -0.39 is 7.37 Å². The van der Waals surface area contributed by atoms with Crippen molar-refractivity contribution in [1.29, 1.82) is 0 Å². The van der Waals surface area contributed by atoms with Gasteiger partial charge in [-0.1, -0.05) is 24.3 Å². The summed E-state index contributed by atoms with van der Waals surface area (Å²) < 4.78 is 17.9. The molecule has 1 aromatic carbocycles. The van der Waals surface area contributed by atoms with Gasteiger partial charge in [0.15, 0.2) is 0 Å². The van der Waals surface area contributed by atoms with Crippen LogP contribution in [0.25, 0.3) is 0 Å². The average Bonchev–Trinajstić information content (AvgIpc) is 2.84. The minimum absolute atomic E-state index is 0. The van der Waals surface area contributed by atoms with E-state index in [9.17, 15) is 9.46 Å². The molecular weight excluding hydrogens is 284 g/mol. The molecule has 4 nitrogen and oxygen atoms in total. The van der Waals surface area contributed by atoms with Crippen LogP contribution < -0.4 is 29.6 Å². The second-order valence-electron chi connectivity index (χ2n) is 5.46. The standard InChI is InChI=1S/C14H20NO3P.Na/c16-19(17,11-15-5-7-18-8-6-15)14-9-12-3-1-2-4-13(12)10-14;/h1-4,14H,5-11H2,(H,16,17);/q;+1. The smallest absolute Gasteiger partial charge is 0.379 e. The van der Waals surface area contributed by atoms with Crippen LogP contribution in [-0.2, 0) is 22.1 Å². The molecule has 1 atom stereocenters. The Kier molecular flexibility index (Phi) is 5.89. The van der Waals surface area contributed by atoms with Crippen molar-refractivity contribution in [3.63, 3.8) is 0 Å². The molecule has 0 radical (unpaired) electrons. The van der Waals surface area contributed by atoms with E-state index in [1.807, 2.05) is 12.1 Å². The molecule has 0 amide bonds. The Labute approximate surface area is 142 Å². The monoisotopic (exact) mass is 304 g/mol. The third-order valence-electron chi connectivity index (χ3n) is 4.11. The number of hydrogen-bond donors (Lipinski definition) is 1. The van der Waals surface area contributed by atoms with Gasteiger partial charge in [-0.2, -0.15) is 0 Å². The number of morpholine rings is 1. The largest absolute Gasteiger partial charge is 1.00 e. The molecule has 2 aliphatic rings. The van der Waals surface area contributed by atoms with E-state index in [-0.39, 0.29) is 35.2 Å². The van der Waals surface area contributed by atoms with Crippen molar-refractivity contribution in [3.05, 3.63) is 35.4 Å². The third-order valence-corrected chi connectivity index (χ3v) is 6.42. The molecule has 1 N–H and O–H groups in total. The summed E-state index contributed by atoms with van der Waals surface area (Å²) in [6.45, 7) is 2.88. The summed E-state index contributed by atoms with van der Waals surface area (Å²) in [5.41, 5.74) is 2.38. The number of hydrogen-bond acceptors (Lipinski definition) is 3. The molecule has 1 heterocycles. The summed E-state index contributed by atoms with van der Waals surface area (Å²) in [4.78, 5) is 12.5. The van der Waals surface area contributed by atoms with Crippen LogP contribution in [0.5, 0.6) is 0 Å². The molecule has 0 spiro atoms. The van der Waals surface area contributed by atoms with Gasteiger partial charge in [-0.05, 0) is 24.0 Å². The summed E-state index contributed by atoms with van der Waals surface area (Å²) in [6.07, 6.45) is 1.80. The Hall–Kier alpha value is 0.330. The molecule has 1 aliphatic carbocycles. The van der Waals surface area contributed by atoms with Crippen molar-refractivity contribution in [2.24, 2.45) is 0 Å². The van der Waals surface area contributed by atoms with E-state index in [2.05, 4.69) is 17.0 Å². The summed E-state index contributed by atoms with van der Waals surface area (Å²) >= 11 is 0. The van der Waals surface area contributed by atoms with Crippen molar-refractivity contribution in [2.45, 2.75) is 18.5 Å². The molecule has 1 fully saturated rings. The zero-order valence-electron chi connectivity index (χ0n) is 12.0. The van der Waals surface area contributed by atoms with E-state index in [1.165, 1.54) is 11.1 Å². The number of nitrogens with zero attached hydrogens (tertiary/aromatic N) is 1. The van der Waals surface area contributed by atoms with E-state index in [4.69, 9.17) is 4.74 Å². The van der Waals surface area contributed by atoms with Gasteiger partial charge in [0, 0.05) is 18.7 Å². The fraction of sp³-hybridized carbons (Fsp3) is 0.571. The quantitative estimate of drug-likeness (QED) is 0.558. The molecule has 1 unspecified atom stereocenters. The minimum Gasteiger partial charge on any atom is -0.379 e. The van der Waals surface area contributed by atoms with Gasteiger partial charge in [-0.3, -0.25) is 9.46 Å². The van der Waals surface area contributed by atoms with E-state index in [1.54, 1.807) is 0 Å². The first-order valence-electron chi connectivity index (χ1n) is 6.83. The number of ether oxygens (including phenoxy) is 1. The molecule has 1 aliphatic heterocycles. The topological polar surface area (TPSA) is 49.8 Å². The van der Waals surface area contributed by atoms with E-state index >= 15 is 0 Å². The zero-order valence-corrected chi connectivity index (χ0v) is 14.9. The van der Waals surface area contributed by atoms with Crippen molar-refractivity contribution in [3.8, 4) is 0 Å². The third kappa shape index (κ3) is 3.75. The summed E-state index contributed by atoms with van der Waals surface area (Å²) in [6, 6.07) is 8.16. The van der Waals surface area contributed by atoms with Crippen LogP contribution in [-0.4, -0.2) is 48.0 Å². The first kappa shape index (κ1) is 16.7. The molecule has 20 heavy (non-hydrogen) atoms. The second kappa shape index (κ2) is 7.06. The molecule has 0 aromatic heterocycles. The van der Waals surface area contributed by atoms with Gasteiger partial charge in [-0.25, -0.2) is 0 Å². The summed E-state index contributed by atoms with van der Waals surface area (Å²) in [5, 5.41) is 0. The van der Waals surface area contributed by atoms with Crippen LogP contribution in [0.1, 0.15) is 11.1 Å². The van der Waals surface area contributed by atoms with Crippen molar-refractivity contribution in [1.82, 2.24) is 4.90 Å². The van der Waals surface area contributed by atoms with E-state index in [0.717, 1.165) is 25.9 Å². The molecule has 6 heteroatoms. The maximum absolute atomic E-state index is 12.6. The van der Waals surface area contributed by atoms with Gasteiger partial charge in [0.2, 0.25) is 7.37 Å². The minimum atomic E-state index is -3.12. The van der Waals surface area contributed by atoms with Gasteiger partial charge in [0.25, 0.3) is 0 Å². The number of rotatable bonds is 3. The van der Waals surface area contributed by atoms with Crippen LogP contribution in [0.3, 0.4) is 0 Å². The predicted octanol–water partition coefficient (Wildman–Crippen LogP) is -1.28. The Morgan fingerprint density at radius 2 is 1.75 bits per heavy atom. The average molecular weight is 304 g/mol. The van der Waals surface area contributed by atoms with Crippen LogP contribution in [0.4, 0.5) is 0 Å². The summed E-state index contributed by atoms with van der Waals surface area (Å²) in [7, 11) is -3.12. The van der Waals surface area contributed by atoms with Gasteiger partial charge >= 0.3 is 29.6 Å². The molecule has 1 saturated heterocycles. The Morgan fingerprint density at radius 3 is 2.30 bits per heavy atom. The molecule has 3 rings (SSSR count). The van der Waals surface area contributed by atoms with Gasteiger partial charge in [-0.15, -0.1) is 0 Å². The molecule has 0 bridgehead atoms. The Bertz CT molecular complexity index is 480. The SMILES string of the molecule is O=P(O)(CN1CCOCC1)C1Cc2ccccc2C1.[Na+]. The Balaban J connectivity index is 0.00000147. The van der Waals surface area contributed by atoms with Crippen molar-refractivity contribution < 1.29 is 43.8 Å². The first-order chi connectivity index (χ1) is 9.15. The Morgan fingerprint density at radius 1 is 1.20 bits per heavy atom. The van der Waals surface area contributed by atoms with E-state index in [0.29, 0.717) is 19.5 Å². The fourth-order valence-corrected chi connectivity index (χ4v) is 5.02. The second-order valence-corrected chi connectivity index (χ2v) is 7.98. The normalized spacial score (nSPS) is 22.9. The maximum Gasteiger partial charge on any atom is 1.00 e. The maximum atomic E-state index is 12.6. The van der Waals surface area contributed by atoms with Crippen molar-refractivity contribution >= 4 is 7.37 Å². The van der Waals surface area contributed by atoms with Crippen molar-refractivity contribution in [2.75, 3.05) is 32.6 Å². The zero-order chi connectivity index (χ0) is 13.3. The molecular formula is C14H20NNaO3P+. The van der Waals surface area contributed by atoms with Gasteiger partial charge in [0.1, 0.15) is 0 Å². The van der Waals surface area contributed by atoms with Gasteiger partial charge in [0.05, 0.1) is 19.5 Å². The molecule has 104 valence electrons. The number of benzene rings is 1. The van der Waals surface area contributed by atoms with Crippen LogP contribution in [0.2, 0.25) is 0 Å². The van der Waals surface area contributed by atoms with Gasteiger partial charge < -0.3 is 9.63 Å². The van der Waals surface area contributed by atoms with Crippen LogP contribution in [0.15, 0.2) is 24.3 Å². The molecule has 0 saturated carbocycles. The fourth-order valence-electron chi connectivity index (χ4n) is 2.97. The van der Waals surface area contributed by atoms with Crippen LogP contribution in [0, 0.1) is 0 Å². The first-order valence-corrected chi connectivity index (χ1v) is 8.75. The van der Waals surface area contributed by atoms with Crippen LogP contribution >= 0.6 is 7.37 Å².